The molecule has 2 rings (SSSR count). The highest BCUT2D eigenvalue weighted by Crippen LogP contribution is 2.36. The first-order valence-corrected chi connectivity index (χ1v) is 7.79. The second-order valence-electron chi connectivity index (χ2n) is 6.57. The average molecular weight is 250 g/mol. The quantitative estimate of drug-likeness (QED) is 0.735. The number of rotatable bonds is 5. The van der Waals surface area contributed by atoms with Gasteiger partial charge in [-0.05, 0) is 63.3 Å². The minimum atomic E-state index is 0.214. The Labute approximate surface area is 112 Å². The van der Waals surface area contributed by atoms with Gasteiger partial charge in [0.1, 0.15) is 0 Å². The van der Waals surface area contributed by atoms with Crippen molar-refractivity contribution in [2.45, 2.75) is 64.3 Å². The fraction of sp³-hybridized carbons (Fsp3) is 0.875. The van der Waals surface area contributed by atoms with Gasteiger partial charge >= 0.3 is 0 Å². The van der Waals surface area contributed by atoms with Crippen LogP contribution in [0.1, 0.15) is 58.8 Å². The highest BCUT2D eigenvalue weighted by Gasteiger charge is 2.38. The van der Waals surface area contributed by atoms with Crippen molar-refractivity contribution in [3.8, 4) is 0 Å². The van der Waals surface area contributed by atoms with Crippen molar-refractivity contribution in [1.29, 1.82) is 0 Å². The SMILES string of the molecule is CC1CCC(CN)(NCCC2=CCCC2)C(C)C1. The van der Waals surface area contributed by atoms with E-state index in [1.165, 1.54) is 44.9 Å². The summed E-state index contributed by atoms with van der Waals surface area (Å²) in [5, 5.41) is 3.82. The Balaban J connectivity index is 1.83. The van der Waals surface area contributed by atoms with Crippen LogP contribution >= 0.6 is 0 Å². The maximum Gasteiger partial charge on any atom is 0.0330 e. The summed E-state index contributed by atoms with van der Waals surface area (Å²) >= 11 is 0. The molecule has 0 amide bonds. The minimum absolute atomic E-state index is 0.214. The zero-order chi connectivity index (χ0) is 13.0. The van der Waals surface area contributed by atoms with Crippen LogP contribution in [0, 0.1) is 11.8 Å². The molecule has 0 radical (unpaired) electrons. The topological polar surface area (TPSA) is 38.0 Å². The lowest BCUT2D eigenvalue weighted by molar-refractivity contribution is 0.130. The predicted molar refractivity (Wildman–Crippen MR) is 78.5 cm³/mol. The van der Waals surface area contributed by atoms with Crippen LogP contribution in [-0.2, 0) is 0 Å². The molecule has 0 aromatic rings. The van der Waals surface area contributed by atoms with E-state index < -0.39 is 0 Å². The summed E-state index contributed by atoms with van der Waals surface area (Å²) in [5.74, 6) is 1.59. The summed E-state index contributed by atoms with van der Waals surface area (Å²) in [6.07, 6.45) is 11.6. The van der Waals surface area contributed by atoms with Crippen molar-refractivity contribution in [3.63, 3.8) is 0 Å². The Bertz CT molecular complexity index is 297. The zero-order valence-electron chi connectivity index (χ0n) is 12.2. The first-order valence-electron chi connectivity index (χ1n) is 7.79. The Morgan fingerprint density at radius 3 is 2.89 bits per heavy atom. The standard InChI is InChI=1S/C16H30N2/c1-13-7-9-16(12-17,14(2)11-13)18-10-8-15-5-3-4-6-15/h5,13-14,18H,3-4,6-12,17H2,1-2H3. The van der Waals surface area contributed by atoms with Crippen LogP contribution in [0.4, 0.5) is 0 Å². The normalized spacial score (nSPS) is 36.7. The Hall–Kier alpha value is -0.340. The highest BCUT2D eigenvalue weighted by molar-refractivity contribution is 5.08. The van der Waals surface area contributed by atoms with E-state index in [9.17, 15) is 0 Å². The molecule has 3 unspecified atom stereocenters. The molecular weight excluding hydrogens is 220 g/mol. The first-order chi connectivity index (χ1) is 8.66. The molecule has 0 aromatic heterocycles. The van der Waals surface area contributed by atoms with Crippen LogP contribution in [0.15, 0.2) is 11.6 Å². The molecule has 3 N–H and O–H groups in total. The Kier molecular flexibility index (Phi) is 4.85. The molecule has 2 aliphatic carbocycles. The summed E-state index contributed by atoms with van der Waals surface area (Å²) in [4.78, 5) is 0. The molecule has 0 aliphatic heterocycles. The molecular formula is C16H30N2. The van der Waals surface area contributed by atoms with Gasteiger partial charge in [0.15, 0.2) is 0 Å². The highest BCUT2D eigenvalue weighted by atomic mass is 15.0. The molecule has 18 heavy (non-hydrogen) atoms. The van der Waals surface area contributed by atoms with Gasteiger partial charge in [0.05, 0.1) is 0 Å². The van der Waals surface area contributed by atoms with Gasteiger partial charge in [-0.2, -0.15) is 0 Å². The summed E-state index contributed by atoms with van der Waals surface area (Å²) in [7, 11) is 0. The van der Waals surface area contributed by atoms with Crippen molar-refractivity contribution < 1.29 is 0 Å². The van der Waals surface area contributed by atoms with Gasteiger partial charge in [0, 0.05) is 12.1 Å². The summed E-state index contributed by atoms with van der Waals surface area (Å²) in [5.41, 5.74) is 7.96. The van der Waals surface area contributed by atoms with Crippen molar-refractivity contribution in [1.82, 2.24) is 5.32 Å². The maximum absolute atomic E-state index is 6.09. The largest absolute Gasteiger partial charge is 0.329 e. The molecule has 2 nitrogen and oxygen atoms in total. The molecule has 104 valence electrons. The van der Waals surface area contributed by atoms with Crippen LogP contribution in [0.5, 0.6) is 0 Å². The molecule has 0 heterocycles. The first kappa shape index (κ1) is 14.1. The fourth-order valence-corrected chi connectivity index (χ4v) is 3.77. The number of hydrogen-bond acceptors (Lipinski definition) is 2. The summed E-state index contributed by atoms with van der Waals surface area (Å²) in [6, 6.07) is 0. The third-order valence-corrected chi connectivity index (χ3v) is 5.20. The summed E-state index contributed by atoms with van der Waals surface area (Å²) < 4.78 is 0. The van der Waals surface area contributed by atoms with Crippen LogP contribution in [-0.4, -0.2) is 18.6 Å². The zero-order valence-corrected chi connectivity index (χ0v) is 12.2. The van der Waals surface area contributed by atoms with Crippen molar-refractivity contribution in [3.05, 3.63) is 11.6 Å². The van der Waals surface area contributed by atoms with Crippen LogP contribution in [0.2, 0.25) is 0 Å². The van der Waals surface area contributed by atoms with E-state index in [1.54, 1.807) is 5.57 Å². The molecule has 1 fully saturated rings. The smallest absolute Gasteiger partial charge is 0.0330 e. The van der Waals surface area contributed by atoms with Gasteiger partial charge in [-0.15, -0.1) is 0 Å². The number of nitrogens with one attached hydrogen (secondary N) is 1. The van der Waals surface area contributed by atoms with Gasteiger partial charge in [-0.25, -0.2) is 0 Å². The third-order valence-electron chi connectivity index (χ3n) is 5.20. The van der Waals surface area contributed by atoms with Crippen LogP contribution in [0.25, 0.3) is 0 Å². The lowest BCUT2D eigenvalue weighted by Crippen LogP contribution is -2.58. The van der Waals surface area contributed by atoms with E-state index in [1.807, 2.05) is 0 Å². The van der Waals surface area contributed by atoms with E-state index in [0.717, 1.165) is 19.0 Å². The van der Waals surface area contributed by atoms with Gasteiger partial charge in [-0.3, -0.25) is 0 Å². The second-order valence-corrected chi connectivity index (χ2v) is 6.57. The molecule has 0 saturated heterocycles. The van der Waals surface area contributed by atoms with Crippen molar-refractivity contribution in [2.75, 3.05) is 13.1 Å². The predicted octanol–water partition coefficient (Wildman–Crippen LogP) is 3.23. The van der Waals surface area contributed by atoms with E-state index in [2.05, 4.69) is 25.2 Å². The lowest BCUT2D eigenvalue weighted by atomic mass is 9.70. The molecule has 0 spiro atoms. The number of allylic oxidation sites excluding steroid dienone is 1. The van der Waals surface area contributed by atoms with Gasteiger partial charge in [-0.1, -0.05) is 25.5 Å². The van der Waals surface area contributed by atoms with E-state index in [-0.39, 0.29) is 5.54 Å². The van der Waals surface area contributed by atoms with Crippen LogP contribution in [0.3, 0.4) is 0 Å². The monoisotopic (exact) mass is 250 g/mol. The molecule has 0 bridgehead atoms. The Morgan fingerprint density at radius 2 is 2.28 bits per heavy atom. The number of nitrogens with two attached hydrogens (primary N) is 1. The van der Waals surface area contributed by atoms with Crippen LogP contribution < -0.4 is 11.1 Å². The Morgan fingerprint density at radius 1 is 1.44 bits per heavy atom. The molecule has 2 aliphatic rings. The van der Waals surface area contributed by atoms with Gasteiger partial charge in [0.25, 0.3) is 0 Å². The summed E-state index contributed by atoms with van der Waals surface area (Å²) in [6.45, 7) is 6.66. The van der Waals surface area contributed by atoms with Crippen molar-refractivity contribution >= 4 is 0 Å². The lowest BCUT2D eigenvalue weighted by Gasteiger charge is -2.45. The molecule has 3 atom stereocenters. The van der Waals surface area contributed by atoms with Gasteiger partial charge in [0.2, 0.25) is 0 Å². The van der Waals surface area contributed by atoms with E-state index >= 15 is 0 Å². The fourth-order valence-electron chi connectivity index (χ4n) is 3.77. The third kappa shape index (κ3) is 3.16. The average Bonchev–Trinajstić information content (AvgIpc) is 2.85. The minimum Gasteiger partial charge on any atom is -0.329 e. The molecule has 1 saturated carbocycles. The second kappa shape index (κ2) is 6.21. The molecule has 0 aromatic carbocycles. The van der Waals surface area contributed by atoms with Crippen molar-refractivity contribution in [2.24, 2.45) is 17.6 Å². The maximum atomic E-state index is 6.09. The van der Waals surface area contributed by atoms with E-state index in [0.29, 0.717) is 5.92 Å². The molecule has 2 heteroatoms. The van der Waals surface area contributed by atoms with E-state index in [4.69, 9.17) is 5.73 Å². The number of hydrogen-bond donors (Lipinski definition) is 2. The van der Waals surface area contributed by atoms with Gasteiger partial charge < -0.3 is 11.1 Å².